The van der Waals surface area contributed by atoms with Gasteiger partial charge in [-0.2, -0.15) is 9.97 Å². The molecule has 39 heavy (non-hydrogen) atoms. The minimum absolute atomic E-state index is 0.0449. The Morgan fingerprint density at radius 2 is 1.97 bits per heavy atom. The zero-order valence-corrected chi connectivity index (χ0v) is 21.4. The number of nitrogens with zero attached hydrogens (tertiary/aromatic N) is 2. The highest BCUT2D eigenvalue weighted by molar-refractivity contribution is 5.70. The molecule has 3 aliphatic rings. The number of nitrogens with one attached hydrogen (secondary N) is 1. The second kappa shape index (κ2) is 12.4. The number of hydrogen-bond donors (Lipinski definition) is 4. The van der Waals surface area contributed by atoms with Crippen molar-refractivity contribution in [3.63, 3.8) is 0 Å². The fourth-order valence-corrected chi connectivity index (χ4v) is 4.62. The Kier molecular flexibility index (Phi) is 8.54. The van der Waals surface area contributed by atoms with Crippen LogP contribution in [-0.4, -0.2) is 65.2 Å². The van der Waals surface area contributed by atoms with Gasteiger partial charge in [-0.1, -0.05) is 66.8 Å². The van der Waals surface area contributed by atoms with Gasteiger partial charge in [0.15, 0.2) is 18.4 Å². The lowest BCUT2D eigenvalue weighted by atomic mass is 9.95. The first kappa shape index (κ1) is 26.9. The second-order valence-corrected chi connectivity index (χ2v) is 9.27. The average molecular weight is 536 g/mol. The monoisotopic (exact) mass is 535 g/mol. The van der Waals surface area contributed by atoms with Gasteiger partial charge in [0, 0.05) is 0 Å². The second-order valence-electron chi connectivity index (χ2n) is 9.27. The molecule has 206 valence electrons. The molecule has 2 fully saturated rings. The Hall–Kier alpha value is -3.74. The summed E-state index contributed by atoms with van der Waals surface area (Å²) < 4.78 is 30.2. The molecule has 2 aromatic rings. The molecule has 6 N–H and O–H groups in total. The van der Waals surface area contributed by atoms with Gasteiger partial charge >= 0.3 is 0 Å². The van der Waals surface area contributed by atoms with E-state index in [0.29, 0.717) is 6.42 Å². The van der Waals surface area contributed by atoms with Crippen LogP contribution < -0.4 is 21.5 Å². The third-order valence-corrected chi connectivity index (χ3v) is 6.52. The van der Waals surface area contributed by atoms with Crippen molar-refractivity contribution in [3.8, 4) is 5.88 Å². The summed E-state index contributed by atoms with van der Waals surface area (Å²) in [7, 11) is 0. The number of benzene rings is 1. The van der Waals surface area contributed by atoms with Crippen LogP contribution in [0.5, 0.6) is 5.88 Å². The molecule has 2 saturated heterocycles. The number of hydrogen-bond acceptors (Lipinski definition) is 11. The van der Waals surface area contributed by atoms with Gasteiger partial charge in [0.05, 0.1) is 13.2 Å². The predicted molar refractivity (Wildman–Crippen MR) is 145 cm³/mol. The molecule has 0 saturated carbocycles. The number of fused-ring (bicyclic) bond motifs is 1. The summed E-state index contributed by atoms with van der Waals surface area (Å²) in [6.45, 7) is 4.34. The number of rotatable bonds is 9. The molecule has 1 aromatic heterocycles. The zero-order chi connectivity index (χ0) is 27.2. The Morgan fingerprint density at radius 1 is 1.13 bits per heavy atom. The van der Waals surface area contributed by atoms with Crippen molar-refractivity contribution in [2.24, 2.45) is 0 Å². The Labute approximate surface area is 226 Å². The summed E-state index contributed by atoms with van der Waals surface area (Å²) in [4.78, 5) is 8.32. The van der Waals surface area contributed by atoms with Crippen molar-refractivity contribution in [1.29, 1.82) is 0 Å². The van der Waals surface area contributed by atoms with E-state index < -0.39 is 36.9 Å². The molecule has 0 radical (unpaired) electrons. The van der Waals surface area contributed by atoms with Gasteiger partial charge in [-0.3, -0.25) is 0 Å². The molecule has 6 atom stereocenters. The minimum atomic E-state index is -1.08. The highest BCUT2D eigenvalue weighted by Gasteiger charge is 2.50. The van der Waals surface area contributed by atoms with E-state index >= 15 is 0 Å². The van der Waals surface area contributed by atoms with Gasteiger partial charge in [0.2, 0.25) is 11.8 Å². The van der Waals surface area contributed by atoms with Crippen LogP contribution in [0.1, 0.15) is 12.0 Å². The van der Waals surface area contributed by atoms with Crippen molar-refractivity contribution < 1.29 is 28.8 Å². The van der Waals surface area contributed by atoms with Gasteiger partial charge in [-0.15, -0.1) is 6.58 Å². The number of aromatic nitrogens is 2. The summed E-state index contributed by atoms with van der Waals surface area (Å²) in [5, 5.41) is 14.8. The summed E-state index contributed by atoms with van der Waals surface area (Å²) >= 11 is 0. The summed E-state index contributed by atoms with van der Waals surface area (Å²) in [5.41, 5.74) is 14.2. The van der Waals surface area contributed by atoms with E-state index in [9.17, 15) is 5.11 Å². The van der Waals surface area contributed by atoms with Crippen molar-refractivity contribution in [1.82, 2.24) is 9.97 Å². The molecule has 6 unspecified atom stereocenters. The van der Waals surface area contributed by atoms with E-state index in [2.05, 4.69) is 21.9 Å². The summed E-state index contributed by atoms with van der Waals surface area (Å²) in [6, 6.07) is 8.75. The standard InChI is InChI=1S/C28H33N5O6/c1-2-14-35-27-20(22(34)23-19(38-27)16-37-26(39-23)18-12-8-3-4-9-13-18)31-21-24(29)32-28(30)33-25(21)36-15-17-10-6-5-7-11-17/h2-12,19-20,22-23,26-27,31,34H,1,13-16H2,(H4,29,30,32,33). The first-order valence-electron chi connectivity index (χ1n) is 12.7. The lowest BCUT2D eigenvalue weighted by Crippen LogP contribution is -2.65. The quantitative estimate of drug-likeness (QED) is 0.350. The minimum Gasteiger partial charge on any atom is -0.471 e. The molecular weight excluding hydrogens is 502 g/mol. The van der Waals surface area contributed by atoms with Crippen molar-refractivity contribution in [2.45, 2.75) is 50.0 Å². The third kappa shape index (κ3) is 6.29. The average Bonchev–Trinajstić information content (AvgIpc) is 3.24. The van der Waals surface area contributed by atoms with Crippen LogP contribution in [0.2, 0.25) is 0 Å². The highest BCUT2D eigenvalue weighted by atomic mass is 16.7. The molecule has 11 nitrogen and oxygen atoms in total. The lowest BCUT2D eigenvalue weighted by Gasteiger charge is -2.48. The molecule has 2 aliphatic heterocycles. The zero-order valence-electron chi connectivity index (χ0n) is 21.4. The van der Waals surface area contributed by atoms with E-state index in [4.69, 9.17) is 35.2 Å². The molecule has 0 spiro atoms. The number of allylic oxidation sites excluding steroid dienone is 5. The van der Waals surface area contributed by atoms with Crippen LogP contribution in [0.3, 0.4) is 0 Å². The Morgan fingerprint density at radius 3 is 2.79 bits per heavy atom. The lowest BCUT2D eigenvalue weighted by molar-refractivity contribution is -0.328. The maximum absolute atomic E-state index is 11.6. The number of aliphatic hydroxyl groups is 1. The van der Waals surface area contributed by atoms with Crippen LogP contribution in [0.4, 0.5) is 17.5 Å². The SMILES string of the molecule is C=CCOC1OC2COC(C3=CC=CC=CC3)OC2C(O)C1Nc1c(N)nc(N)nc1OCc1ccccc1. The Bertz CT molecular complexity index is 1240. The first-order chi connectivity index (χ1) is 19.0. The molecule has 1 aromatic carbocycles. The number of ether oxygens (including phenoxy) is 5. The highest BCUT2D eigenvalue weighted by Crippen LogP contribution is 2.36. The molecule has 11 heteroatoms. The predicted octanol–water partition coefficient (Wildman–Crippen LogP) is 2.47. The summed E-state index contributed by atoms with van der Waals surface area (Å²) in [6.07, 6.45) is 8.18. The fraction of sp³-hybridized carbons (Fsp3) is 0.357. The van der Waals surface area contributed by atoms with Crippen LogP contribution in [0.25, 0.3) is 0 Å². The normalized spacial score (nSPS) is 28.2. The van der Waals surface area contributed by atoms with Crippen LogP contribution in [-0.2, 0) is 25.6 Å². The number of aliphatic hydroxyl groups excluding tert-OH is 1. The van der Waals surface area contributed by atoms with Gasteiger partial charge in [0.25, 0.3) is 0 Å². The largest absolute Gasteiger partial charge is 0.471 e. The molecule has 5 rings (SSSR count). The molecular formula is C28H33N5O6. The van der Waals surface area contributed by atoms with Crippen LogP contribution >= 0.6 is 0 Å². The van der Waals surface area contributed by atoms with Crippen molar-refractivity contribution >= 4 is 17.5 Å². The van der Waals surface area contributed by atoms with Crippen LogP contribution in [0.15, 0.2) is 78.9 Å². The van der Waals surface area contributed by atoms with Gasteiger partial charge < -0.3 is 45.6 Å². The van der Waals surface area contributed by atoms with Gasteiger partial charge in [0.1, 0.15) is 36.6 Å². The maximum Gasteiger partial charge on any atom is 0.244 e. The van der Waals surface area contributed by atoms with E-state index in [1.165, 1.54) is 0 Å². The van der Waals surface area contributed by atoms with Crippen molar-refractivity contribution in [2.75, 3.05) is 30.0 Å². The first-order valence-corrected chi connectivity index (χ1v) is 12.7. The molecule has 0 amide bonds. The molecule has 0 bridgehead atoms. The fourth-order valence-electron chi connectivity index (χ4n) is 4.62. The number of anilines is 3. The van der Waals surface area contributed by atoms with Gasteiger partial charge in [-0.05, 0) is 17.6 Å². The molecule has 1 aliphatic carbocycles. The number of nitrogen functional groups attached to an aromatic ring is 2. The number of nitrogens with two attached hydrogens (primary N) is 2. The van der Waals surface area contributed by atoms with E-state index in [-0.39, 0.29) is 43.2 Å². The Balaban J connectivity index is 1.39. The van der Waals surface area contributed by atoms with Gasteiger partial charge in [-0.25, -0.2) is 0 Å². The van der Waals surface area contributed by atoms with E-state index in [1.807, 2.05) is 60.7 Å². The maximum atomic E-state index is 11.6. The topological polar surface area (TPSA) is 156 Å². The van der Waals surface area contributed by atoms with E-state index in [1.54, 1.807) is 6.08 Å². The molecule has 3 heterocycles. The smallest absolute Gasteiger partial charge is 0.244 e. The van der Waals surface area contributed by atoms with Crippen LogP contribution in [0, 0.1) is 0 Å². The third-order valence-electron chi connectivity index (χ3n) is 6.52. The summed E-state index contributed by atoms with van der Waals surface area (Å²) in [5.74, 6) is 0.139. The van der Waals surface area contributed by atoms with Crippen molar-refractivity contribution in [3.05, 3.63) is 84.5 Å². The van der Waals surface area contributed by atoms with E-state index in [0.717, 1.165) is 11.1 Å².